The fourth-order valence-electron chi connectivity index (χ4n) is 3.47. The summed E-state index contributed by atoms with van der Waals surface area (Å²) in [5, 5.41) is 14.1. The topological polar surface area (TPSA) is 120 Å². The average molecular weight is 426 g/mol. The van der Waals surface area contributed by atoms with Crippen molar-refractivity contribution in [3.63, 3.8) is 0 Å². The maximum atomic E-state index is 13.1. The predicted molar refractivity (Wildman–Crippen MR) is 118 cm³/mol. The first-order valence-corrected chi connectivity index (χ1v) is 9.57. The number of amides is 1. The third-order valence-electron chi connectivity index (χ3n) is 4.98. The molecule has 1 amide bonds. The van der Waals surface area contributed by atoms with Crippen molar-refractivity contribution in [3.05, 3.63) is 105 Å². The van der Waals surface area contributed by atoms with Gasteiger partial charge in [0.1, 0.15) is 28.3 Å². The Labute approximate surface area is 179 Å². The van der Waals surface area contributed by atoms with Crippen molar-refractivity contribution < 1.29 is 14.1 Å². The van der Waals surface area contributed by atoms with Gasteiger partial charge in [0, 0.05) is 29.3 Å². The largest absolute Gasteiger partial charge is 0.422 e. The lowest BCUT2D eigenvalue weighted by Gasteiger charge is -2.08. The van der Waals surface area contributed by atoms with Crippen molar-refractivity contribution in [2.24, 2.45) is 0 Å². The number of benzene rings is 2. The molecule has 0 saturated carbocycles. The van der Waals surface area contributed by atoms with Crippen molar-refractivity contribution >= 4 is 34.0 Å². The quantitative estimate of drug-likeness (QED) is 0.260. The first-order chi connectivity index (χ1) is 15.5. The van der Waals surface area contributed by atoms with E-state index in [2.05, 4.69) is 10.3 Å². The molecule has 2 aromatic carbocycles. The standard InChI is InChI=1S/C23H14N4O5/c28-22(17-13-15-12-16(27(30)31)9-10-18(15)32-23(17)29)25-21-20(14-6-2-1-3-7-14)24-19-8-4-5-11-26(19)21/h1-13H,(H,25,28). The molecule has 3 heterocycles. The van der Waals surface area contributed by atoms with E-state index in [1.807, 2.05) is 36.4 Å². The van der Waals surface area contributed by atoms with Crippen LogP contribution in [-0.4, -0.2) is 20.2 Å². The van der Waals surface area contributed by atoms with Crippen molar-refractivity contribution in [2.45, 2.75) is 0 Å². The Morgan fingerprint density at radius 2 is 1.81 bits per heavy atom. The number of rotatable bonds is 4. The van der Waals surface area contributed by atoms with E-state index in [9.17, 15) is 19.7 Å². The molecule has 0 radical (unpaired) electrons. The first kappa shape index (κ1) is 19.2. The Hall–Kier alpha value is -4.79. The lowest BCUT2D eigenvalue weighted by Crippen LogP contribution is -2.21. The minimum absolute atomic E-state index is 0.150. The van der Waals surface area contributed by atoms with Crippen LogP contribution in [0.2, 0.25) is 0 Å². The minimum atomic E-state index is -0.848. The molecule has 32 heavy (non-hydrogen) atoms. The van der Waals surface area contributed by atoms with Crippen LogP contribution in [-0.2, 0) is 0 Å². The van der Waals surface area contributed by atoms with Gasteiger partial charge in [-0.3, -0.25) is 19.3 Å². The molecule has 9 heteroatoms. The van der Waals surface area contributed by atoms with Crippen molar-refractivity contribution in [1.29, 1.82) is 0 Å². The fourth-order valence-corrected chi connectivity index (χ4v) is 3.47. The number of nitrogens with zero attached hydrogens (tertiary/aromatic N) is 3. The van der Waals surface area contributed by atoms with E-state index in [0.717, 1.165) is 5.56 Å². The van der Waals surface area contributed by atoms with Gasteiger partial charge in [0.15, 0.2) is 0 Å². The van der Waals surface area contributed by atoms with Crippen LogP contribution in [0.5, 0.6) is 0 Å². The van der Waals surface area contributed by atoms with Crippen LogP contribution in [0.25, 0.3) is 27.9 Å². The SMILES string of the molecule is O=C(Nc1c(-c2ccccc2)nc2ccccn12)c1cc2cc([N+](=O)[O-])ccc2oc1=O. The minimum Gasteiger partial charge on any atom is -0.422 e. The van der Waals surface area contributed by atoms with Gasteiger partial charge >= 0.3 is 5.63 Å². The summed E-state index contributed by atoms with van der Waals surface area (Å²) in [5.74, 6) is -0.328. The van der Waals surface area contributed by atoms with Gasteiger partial charge in [-0.1, -0.05) is 36.4 Å². The molecular weight excluding hydrogens is 412 g/mol. The molecule has 156 valence electrons. The van der Waals surface area contributed by atoms with E-state index in [0.29, 0.717) is 17.2 Å². The third-order valence-corrected chi connectivity index (χ3v) is 4.98. The molecule has 0 unspecified atom stereocenters. The lowest BCUT2D eigenvalue weighted by atomic mass is 10.1. The van der Waals surface area contributed by atoms with Gasteiger partial charge in [-0.2, -0.15) is 0 Å². The molecule has 0 aliphatic carbocycles. The van der Waals surface area contributed by atoms with Crippen LogP contribution < -0.4 is 10.9 Å². The maximum absolute atomic E-state index is 13.1. The zero-order chi connectivity index (χ0) is 22.2. The van der Waals surface area contributed by atoms with Gasteiger partial charge < -0.3 is 9.73 Å². The van der Waals surface area contributed by atoms with Crippen LogP contribution in [0, 0.1) is 10.1 Å². The summed E-state index contributed by atoms with van der Waals surface area (Å²) in [4.78, 5) is 40.6. The van der Waals surface area contributed by atoms with Crippen molar-refractivity contribution in [3.8, 4) is 11.3 Å². The number of nitro groups is 1. The van der Waals surface area contributed by atoms with E-state index < -0.39 is 16.5 Å². The average Bonchev–Trinajstić information content (AvgIpc) is 3.17. The summed E-state index contributed by atoms with van der Waals surface area (Å²) in [5.41, 5.74) is 0.783. The Kier molecular flexibility index (Phi) is 4.48. The predicted octanol–water partition coefficient (Wildman–Crippen LogP) is 4.27. The number of nitro benzene ring substituents is 1. The zero-order valence-corrected chi connectivity index (χ0v) is 16.4. The molecule has 5 rings (SSSR count). The van der Waals surface area contributed by atoms with Crippen LogP contribution in [0.3, 0.4) is 0 Å². The van der Waals surface area contributed by atoms with E-state index in [4.69, 9.17) is 4.42 Å². The third kappa shape index (κ3) is 3.27. The molecule has 9 nitrogen and oxygen atoms in total. The van der Waals surface area contributed by atoms with Crippen LogP contribution in [0.1, 0.15) is 10.4 Å². The Bertz CT molecular complexity index is 1570. The van der Waals surface area contributed by atoms with E-state index in [1.54, 1.807) is 22.7 Å². The first-order valence-electron chi connectivity index (χ1n) is 9.57. The molecular formula is C23H14N4O5. The smallest absolute Gasteiger partial charge is 0.349 e. The summed E-state index contributed by atoms with van der Waals surface area (Å²) in [6.45, 7) is 0. The van der Waals surface area contributed by atoms with Crippen molar-refractivity contribution in [1.82, 2.24) is 9.38 Å². The Morgan fingerprint density at radius 1 is 1.03 bits per heavy atom. The summed E-state index contributed by atoms with van der Waals surface area (Å²) in [6, 6.07) is 19.8. The van der Waals surface area contributed by atoms with Gasteiger partial charge in [0.2, 0.25) is 0 Å². The number of hydrogen-bond acceptors (Lipinski definition) is 6. The van der Waals surface area contributed by atoms with Gasteiger partial charge in [-0.05, 0) is 24.3 Å². The lowest BCUT2D eigenvalue weighted by molar-refractivity contribution is -0.384. The van der Waals surface area contributed by atoms with Gasteiger partial charge in [-0.25, -0.2) is 9.78 Å². The fraction of sp³-hybridized carbons (Fsp3) is 0. The normalized spacial score (nSPS) is 11.0. The Morgan fingerprint density at radius 3 is 2.59 bits per heavy atom. The number of pyridine rings is 1. The number of imidazole rings is 1. The molecule has 0 saturated heterocycles. The number of carbonyl (C=O) groups is 1. The van der Waals surface area contributed by atoms with Gasteiger partial charge in [0.25, 0.3) is 11.6 Å². The summed E-state index contributed by atoms with van der Waals surface area (Å²) in [7, 11) is 0. The molecule has 0 aliphatic heterocycles. The summed E-state index contributed by atoms with van der Waals surface area (Å²) >= 11 is 0. The highest BCUT2D eigenvalue weighted by Crippen LogP contribution is 2.29. The summed E-state index contributed by atoms with van der Waals surface area (Å²) in [6.07, 6.45) is 1.75. The van der Waals surface area contributed by atoms with Crippen molar-refractivity contribution in [2.75, 3.05) is 5.32 Å². The highest BCUT2D eigenvalue weighted by Gasteiger charge is 2.20. The molecule has 0 atom stereocenters. The second-order valence-electron chi connectivity index (χ2n) is 6.98. The number of fused-ring (bicyclic) bond motifs is 2. The molecule has 3 aromatic heterocycles. The van der Waals surface area contributed by atoms with E-state index in [-0.39, 0.29) is 22.2 Å². The summed E-state index contributed by atoms with van der Waals surface area (Å²) < 4.78 is 6.91. The molecule has 0 spiro atoms. The second kappa shape index (κ2) is 7.47. The van der Waals surface area contributed by atoms with Crippen LogP contribution in [0.4, 0.5) is 11.5 Å². The van der Waals surface area contributed by atoms with E-state index >= 15 is 0 Å². The number of non-ortho nitro benzene ring substituents is 1. The second-order valence-corrected chi connectivity index (χ2v) is 6.98. The zero-order valence-electron chi connectivity index (χ0n) is 16.4. The van der Waals surface area contributed by atoms with Crippen LogP contribution >= 0.6 is 0 Å². The number of anilines is 1. The maximum Gasteiger partial charge on any atom is 0.349 e. The monoisotopic (exact) mass is 426 g/mol. The van der Waals surface area contributed by atoms with Gasteiger partial charge in [0.05, 0.1) is 4.92 Å². The number of hydrogen-bond donors (Lipinski definition) is 1. The molecule has 0 fully saturated rings. The molecule has 5 aromatic rings. The highest BCUT2D eigenvalue weighted by atomic mass is 16.6. The van der Waals surface area contributed by atoms with Gasteiger partial charge in [-0.15, -0.1) is 0 Å². The molecule has 0 bridgehead atoms. The molecule has 1 N–H and O–H groups in total. The Balaban J connectivity index is 1.61. The van der Waals surface area contributed by atoms with Crippen LogP contribution in [0.15, 0.2) is 88.2 Å². The van der Waals surface area contributed by atoms with E-state index in [1.165, 1.54) is 24.3 Å². The number of nitrogens with one attached hydrogen (secondary N) is 1. The highest BCUT2D eigenvalue weighted by molar-refractivity contribution is 6.06. The molecule has 0 aliphatic rings. The number of aromatic nitrogens is 2. The number of carbonyl (C=O) groups excluding carboxylic acids is 1.